The van der Waals surface area contributed by atoms with E-state index >= 15 is 0 Å². The Kier molecular flexibility index (Phi) is 4.78. The van der Waals surface area contributed by atoms with Crippen LogP contribution in [0.4, 0.5) is 0 Å². The topological polar surface area (TPSA) is 72.8 Å². The molecule has 1 atom stereocenters. The monoisotopic (exact) mass is 300 g/mol. The van der Waals surface area contributed by atoms with E-state index in [0.29, 0.717) is 23.3 Å². The molecule has 0 heterocycles. The molecule has 5 nitrogen and oxygen atoms in total. The van der Waals surface area contributed by atoms with Gasteiger partial charge in [0.1, 0.15) is 35.0 Å². The molecule has 2 rings (SSSR count). The largest absolute Gasteiger partial charge is 0.508 e. The highest BCUT2D eigenvalue weighted by Gasteiger charge is 2.27. The molecule has 0 amide bonds. The second kappa shape index (κ2) is 6.76. The molecular formula is C17H16O5. The zero-order chi connectivity index (χ0) is 16.1. The van der Waals surface area contributed by atoms with Crippen molar-refractivity contribution < 1.29 is 24.2 Å². The van der Waals surface area contributed by atoms with Crippen LogP contribution in [-0.4, -0.2) is 31.4 Å². The Morgan fingerprint density at radius 1 is 1.05 bits per heavy atom. The van der Waals surface area contributed by atoms with E-state index in [1.165, 1.54) is 38.5 Å². The first-order valence-electron chi connectivity index (χ1n) is 6.61. The minimum Gasteiger partial charge on any atom is -0.508 e. The maximum atomic E-state index is 12.8. The Morgan fingerprint density at radius 3 is 2.05 bits per heavy atom. The summed E-state index contributed by atoms with van der Waals surface area (Å²) in [5, 5.41) is 9.32. The standard InChI is InChI=1S/C17H16O5/c1-21-14-4-3-5-15(22-2)16(14)17(20)13(10-18)11-6-8-12(19)9-7-11/h3-10,13,19H,1-2H3. The van der Waals surface area contributed by atoms with Gasteiger partial charge < -0.3 is 19.4 Å². The third-order valence-corrected chi connectivity index (χ3v) is 3.34. The van der Waals surface area contributed by atoms with Gasteiger partial charge in [-0.05, 0) is 29.8 Å². The van der Waals surface area contributed by atoms with Crippen molar-refractivity contribution >= 4 is 12.1 Å². The van der Waals surface area contributed by atoms with Crippen molar-refractivity contribution in [3.8, 4) is 17.2 Å². The number of carbonyl (C=O) groups is 2. The maximum Gasteiger partial charge on any atom is 0.184 e. The number of phenols is 1. The van der Waals surface area contributed by atoms with Gasteiger partial charge in [0.2, 0.25) is 0 Å². The van der Waals surface area contributed by atoms with Gasteiger partial charge in [-0.15, -0.1) is 0 Å². The zero-order valence-electron chi connectivity index (χ0n) is 12.3. The molecule has 5 heteroatoms. The lowest BCUT2D eigenvalue weighted by molar-refractivity contribution is -0.108. The van der Waals surface area contributed by atoms with Gasteiger partial charge in [0.05, 0.1) is 14.2 Å². The first kappa shape index (κ1) is 15.6. The minimum atomic E-state index is -0.995. The minimum absolute atomic E-state index is 0.0655. The number of ether oxygens (including phenoxy) is 2. The van der Waals surface area contributed by atoms with Crippen molar-refractivity contribution in [2.24, 2.45) is 0 Å². The van der Waals surface area contributed by atoms with E-state index in [4.69, 9.17) is 9.47 Å². The van der Waals surface area contributed by atoms with Crippen LogP contribution in [0, 0.1) is 0 Å². The lowest BCUT2D eigenvalue weighted by atomic mass is 9.91. The summed E-state index contributed by atoms with van der Waals surface area (Å²) in [6.45, 7) is 0. The van der Waals surface area contributed by atoms with Crippen molar-refractivity contribution in [3.05, 3.63) is 53.6 Å². The van der Waals surface area contributed by atoms with Crippen LogP contribution < -0.4 is 9.47 Å². The van der Waals surface area contributed by atoms with E-state index in [1.54, 1.807) is 18.2 Å². The number of hydrogen-bond acceptors (Lipinski definition) is 5. The molecule has 1 N–H and O–H groups in total. The van der Waals surface area contributed by atoms with Gasteiger partial charge in [-0.2, -0.15) is 0 Å². The molecule has 0 saturated carbocycles. The molecule has 0 saturated heterocycles. The quantitative estimate of drug-likeness (QED) is 0.504. The van der Waals surface area contributed by atoms with Gasteiger partial charge in [-0.1, -0.05) is 18.2 Å². The predicted octanol–water partition coefficient (Wildman–Crippen LogP) is 2.57. The summed E-state index contributed by atoms with van der Waals surface area (Å²) in [7, 11) is 2.89. The number of Topliss-reactive ketones (excluding diaryl/α,β-unsaturated/α-hetero) is 1. The Balaban J connectivity index is 2.49. The lowest BCUT2D eigenvalue weighted by Gasteiger charge is -2.15. The number of rotatable bonds is 6. The van der Waals surface area contributed by atoms with E-state index in [2.05, 4.69) is 0 Å². The summed E-state index contributed by atoms with van der Waals surface area (Å²) in [6.07, 6.45) is 0.570. The van der Waals surface area contributed by atoms with Gasteiger partial charge in [-0.3, -0.25) is 4.79 Å². The average Bonchev–Trinajstić information content (AvgIpc) is 2.56. The maximum absolute atomic E-state index is 12.8. The molecule has 0 bridgehead atoms. The van der Waals surface area contributed by atoms with E-state index in [1.807, 2.05) is 0 Å². The Bertz CT molecular complexity index is 654. The van der Waals surface area contributed by atoms with Crippen LogP contribution in [0.25, 0.3) is 0 Å². The Labute approximate surface area is 128 Å². The number of carbonyl (C=O) groups excluding carboxylic acids is 2. The summed E-state index contributed by atoms with van der Waals surface area (Å²) < 4.78 is 10.4. The fourth-order valence-corrected chi connectivity index (χ4v) is 2.22. The molecule has 0 spiro atoms. The molecule has 2 aromatic carbocycles. The van der Waals surface area contributed by atoms with Crippen LogP contribution in [0.2, 0.25) is 0 Å². The number of aromatic hydroxyl groups is 1. The molecule has 0 aliphatic rings. The molecule has 0 radical (unpaired) electrons. The summed E-state index contributed by atoms with van der Waals surface area (Å²) in [4.78, 5) is 24.2. The van der Waals surface area contributed by atoms with Crippen LogP contribution in [0.15, 0.2) is 42.5 Å². The second-order valence-corrected chi connectivity index (χ2v) is 4.61. The van der Waals surface area contributed by atoms with E-state index in [0.717, 1.165) is 0 Å². The van der Waals surface area contributed by atoms with E-state index in [9.17, 15) is 14.7 Å². The predicted molar refractivity (Wildman–Crippen MR) is 80.8 cm³/mol. The average molecular weight is 300 g/mol. The van der Waals surface area contributed by atoms with Gasteiger partial charge in [-0.25, -0.2) is 0 Å². The molecule has 2 aromatic rings. The summed E-state index contributed by atoms with van der Waals surface area (Å²) in [6, 6.07) is 10.9. The van der Waals surface area contributed by atoms with Gasteiger partial charge in [0.15, 0.2) is 5.78 Å². The lowest BCUT2D eigenvalue weighted by Crippen LogP contribution is -2.16. The smallest absolute Gasteiger partial charge is 0.184 e. The first-order valence-corrected chi connectivity index (χ1v) is 6.61. The Hall–Kier alpha value is -2.82. The second-order valence-electron chi connectivity index (χ2n) is 4.61. The number of hydrogen-bond donors (Lipinski definition) is 1. The molecular weight excluding hydrogens is 284 g/mol. The first-order chi connectivity index (χ1) is 10.6. The van der Waals surface area contributed by atoms with Crippen LogP contribution in [-0.2, 0) is 4.79 Å². The Morgan fingerprint density at radius 2 is 1.59 bits per heavy atom. The van der Waals surface area contributed by atoms with Gasteiger partial charge >= 0.3 is 0 Å². The third kappa shape index (κ3) is 2.93. The molecule has 0 fully saturated rings. The normalized spacial score (nSPS) is 11.5. The van der Waals surface area contributed by atoms with Crippen molar-refractivity contribution in [1.82, 2.24) is 0 Å². The zero-order valence-corrected chi connectivity index (χ0v) is 12.3. The van der Waals surface area contributed by atoms with Crippen LogP contribution in [0.1, 0.15) is 21.8 Å². The highest BCUT2D eigenvalue weighted by Crippen LogP contribution is 2.33. The van der Waals surface area contributed by atoms with Gasteiger partial charge in [0.25, 0.3) is 0 Å². The molecule has 1 unspecified atom stereocenters. The van der Waals surface area contributed by atoms with Crippen LogP contribution in [0.5, 0.6) is 17.2 Å². The number of methoxy groups -OCH3 is 2. The van der Waals surface area contributed by atoms with E-state index < -0.39 is 11.7 Å². The van der Waals surface area contributed by atoms with E-state index in [-0.39, 0.29) is 11.3 Å². The molecule has 114 valence electrons. The van der Waals surface area contributed by atoms with Crippen molar-refractivity contribution in [3.63, 3.8) is 0 Å². The number of benzene rings is 2. The highest BCUT2D eigenvalue weighted by atomic mass is 16.5. The summed E-state index contributed by atoms with van der Waals surface area (Å²) in [5.41, 5.74) is 0.712. The number of phenolic OH excluding ortho intramolecular Hbond substituents is 1. The molecule has 0 aromatic heterocycles. The fourth-order valence-electron chi connectivity index (χ4n) is 2.22. The molecule has 0 aliphatic heterocycles. The van der Waals surface area contributed by atoms with Crippen molar-refractivity contribution in [2.45, 2.75) is 5.92 Å². The van der Waals surface area contributed by atoms with Crippen LogP contribution >= 0.6 is 0 Å². The van der Waals surface area contributed by atoms with Crippen molar-refractivity contribution in [1.29, 1.82) is 0 Å². The summed E-state index contributed by atoms with van der Waals surface area (Å²) >= 11 is 0. The van der Waals surface area contributed by atoms with Crippen LogP contribution in [0.3, 0.4) is 0 Å². The van der Waals surface area contributed by atoms with Gasteiger partial charge in [0, 0.05) is 0 Å². The molecule has 0 aliphatic carbocycles. The molecule has 22 heavy (non-hydrogen) atoms. The fraction of sp³-hybridized carbons (Fsp3) is 0.176. The SMILES string of the molecule is COc1cccc(OC)c1C(=O)C(C=O)c1ccc(O)cc1. The van der Waals surface area contributed by atoms with Crippen molar-refractivity contribution in [2.75, 3.05) is 14.2 Å². The number of aldehydes is 1. The highest BCUT2D eigenvalue weighted by molar-refractivity contribution is 6.12. The third-order valence-electron chi connectivity index (χ3n) is 3.34. The summed E-state index contributed by atoms with van der Waals surface area (Å²) in [5.74, 6) is -0.665. The number of ketones is 1.